The average molecular weight is 450 g/mol. The topological polar surface area (TPSA) is 62.7 Å². The number of ether oxygens (including phenoxy) is 1. The Balaban J connectivity index is 1.46. The molecule has 2 fully saturated rings. The second kappa shape index (κ2) is 10.4. The predicted octanol–water partition coefficient (Wildman–Crippen LogP) is 4.05. The lowest BCUT2D eigenvalue weighted by Gasteiger charge is -2.37. The fraction of sp³-hybridized carbons (Fsp3) is 0.519. The molecule has 33 heavy (non-hydrogen) atoms. The van der Waals surface area contributed by atoms with Crippen molar-refractivity contribution >= 4 is 11.8 Å². The summed E-state index contributed by atoms with van der Waals surface area (Å²) >= 11 is 0. The monoisotopic (exact) mass is 449 g/mol. The third-order valence-electron chi connectivity index (χ3n) is 7.21. The van der Waals surface area contributed by atoms with E-state index in [0.29, 0.717) is 30.6 Å². The summed E-state index contributed by atoms with van der Waals surface area (Å²) < 4.78 is 6.14. The minimum absolute atomic E-state index is 0.0379. The molecule has 0 radical (unpaired) electrons. The van der Waals surface area contributed by atoms with E-state index >= 15 is 0 Å². The fourth-order valence-corrected chi connectivity index (χ4v) is 5.26. The van der Waals surface area contributed by atoms with Gasteiger partial charge in [0.25, 0.3) is 5.91 Å². The first-order valence-corrected chi connectivity index (χ1v) is 12.1. The van der Waals surface area contributed by atoms with Gasteiger partial charge >= 0.3 is 0 Å². The highest BCUT2D eigenvalue weighted by atomic mass is 16.5. The van der Waals surface area contributed by atoms with Crippen LogP contribution in [0.2, 0.25) is 0 Å². The number of carbonyl (C=O) groups is 2. The van der Waals surface area contributed by atoms with Gasteiger partial charge in [0.15, 0.2) is 0 Å². The molecule has 0 bridgehead atoms. The molecule has 0 spiro atoms. The Morgan fingerprint density at radius 2 is 1.79 bits per heavy atom. The number of aromatic nitrogens is 1. The molecular weight excluding hydrogens is 414 g/mol. The van der Waals surface area contributed by atoms with E-state index in [0.717, 1.165) is 43.8 Å². The van der Waals surface area contributed by atoms with Crippen LogP contribution in [0.15, 0.2) is 48.8 Å². The maximum Gasteiger partial charge on any atom is 0.255 e. The van der Waals surface area contributed by atoms with Crippen molar-refractivity contribution < 1.29 is 14.3 Å². The van der Waals surface area contributed by atoms with E-state index in [2.05, 4.69) is 4.98 Å². The van der Waals surface area contributed by atoms with Crippen LogP contribution < -0.4 is 4.74 Å². The highest BCUT2D eigenvalue weighted by Gasteiger charge is 2.41. The number of likely N-dealkylation sites (tertiary alicyclic amines) is 2. The van der Waals surface area contributed by atoms with Gasteiger partial charge in [-0.1, -0.05) is 32.0 Å². The molecule has 0 aliphatic carbocycles. The quantitative estimate of drug-likeness (QED) is 0.667. The Morgan fingerprint density at radius 3 is 2.45 bits per heavy atom. The summed E-state index contributed by atoms with van der Waals surface area (Å²) in [6.07, 6.45) is 5.37. The Bertz CT molecular complexity index is 954. The fourth-order valence-electron chi connectivity index (χ4n) is 5.26. The van der Waals surface area contributed by atoms with Gasteiger partial charge in [-0.2, -0.15) is 0 Å². The number of rotatable bonds is 6. The van der Waals surface area contributed by atoms with Crippen molar-refractivity contribution in [3.05, 3.63) is 59.9 Å². The number of piperidine rings is 1. The first-order valence-electron chi connectivity index (χ1n) is 12.1. The van der Waals surface area contributed by atoms with Gasteiger partial charge in [0.2, 0.25) is 5.91 Å². The van der Waals surface area contributed by atoms with Gasteiger partial charge in [0.1, 0.15) is 5.75 Å². The van der Waals surface area contributed by atoms with Crippen LogP contribution >= 0.6 is 0 Å². The van der Waals surface area contributed by atoms with Crippen LogP contribution in [-0.2, 0) is 4.79 Å². The van der Waals surface area contributed by atoms with Crippen LogP contribution in [0.4, 0.5) is 0 Å². The molecule has 6 nitrogen and oxygen atoms in total. The summed E-state index contributed by atoms with van der Waals surface area (Å²) in [4.78, 5) is 33.9. The summed E-state index contributed by atoms with van der Waals surface area (Å²) in [6.45, 7) is 9.52. The van der Waals surface area contributed by atoms with Crippen molar-refractivity contribution in [3.63, 3.8) is 0 Å². The van der Waals surface area contributed by atoms with E-state index in [1.165, 1.54) is 0 Å². The summed E-state index contributed by atoms with van der Waals surface area (Å²) in [7, 11) is 0. The first kappa shape index (κ1) is 23.3. The maximum absolute atomic E-state index is 13.3. The van der Waals surface area contributed by atoms with E-state index in [-0.39, 0.29) is 23.7 Å². The normalized spacial score (nSPS) is 21.5. The van der Waals surface area contributed by atoms with Gasteiger partial charge in [-0.25, -0.2) is 0 Å². The van der Waals surface area contributed by atoms with E-state index in [1.807, 2.05) is 67.0 Å². The van der Waals surface area contributed by atoms with Crippen molar-refractivity contribution in [2.45, 2.75) is 33.6 Å². The number of hydrogen-bond acceptors (Lipinski definition) is 4. The highest BCUT2D eigenvalue weighted by molar-refractivity contribution is 5.95. The van der Waals surface area contributed by atoms with Crippen molar-refractivity contribution in [2.24, 2.45) is 23.7 Å². The SMILES string of the molecule is Cc1ccncc1C(=O)N1C[C@@H](COc2ccccc2)[C@H](C2CCN(C(=O)C(C)C)CC2)C1. The number of benzene rings is 1. The van der Waals surface area contributed by atoms with Crippen molar-refractivity contribution in [3.8, 4) is 5.75 Å². The molecule has 2 amide bonds. The lowest BCUT2D eigenvalue weighted by Crippen LogP contribution is -2.43. The number of pyridine rings is 1. The molecule has 1 aromatic carbocycles. The van der Waals surface area contributed by atoms with Crippen LogP contribution in [0.1, 0.15) is 42.6 Å². The lowest BCUT2D eigenvalue weighted by atomic mass is 9.78. The minimum Gasteiger partial charge on any atom is -0.493 e. The van der Waals surface area contributed by atoms with Gasteiger partial charge in [0, 0.05) is 50.4 Å². The number of hydrogen-bond donors (Lipinski definition) is 0. The summed E-state index contributed by atoms with van der Waals surface area (Å²) in [5.41, 5.74) is 1.63. The van der Waals surface area contributed by atoms with Crippen molar-refractivity contribution in [2.75, 3.05) is 32.8 Å². The molecule has 2 aromatic rings. The summed E-state index contributed by atoms with van der Waals surface area (Å²) in [5.74, 6) is 2.32. The Labute approximate surface area is 196 Å². The number of para-hydroxylation sites is 1. The molecule has 1 aromatic heterocycles. The standard InChI is InChI=1S/C27H35N3O3/c1-19(2)26(31)29-13-10-21(11-14-29)25-17-30(27(32)24-15-28-12-9-20(24)3)16-22(25)18-33-23-7-5-4-6-8-23/h4-9,12,15,19,21-22,25H,10-11,13-14,16-18H2,1-3H3/t22-,25-/m0/s1. The number of amides is 2. The molecular formula is C27H35N3O3. The first-order chi connectivity index (χ1) is 15.9. The molecule has 3 heterocycles. The molecule has 6 heteroatoms. The molecule has 2 saturated heterocycles. The van der Waals surface area contributed by atoms with Gasteiger partial charge in [-0.05, 0) is 55.4 Å². The Kier molecular flexibility index (Phi) is 7.31. The third-order valence-corrected chi connectivity index (χ3v) is 7.21. The third kappa shape index (κ3) is 5.37. The summed E-state index contributed by atoms with van der Waals surface area (Å²) in [6, 6.07) is 11.8. The largest absolute Gasteiger partial charge is 0.493 e. The predicted molar refractivity (Wildman–Crippen MR) is 128 cm³/mol. The van der Waals surface area contributed by atoms with Gasteiger partial charge < -0.3 is 14.5 Å². The summed E-state index contributed by atoms with van der Waals surface area (Å²) in [5, 5.41) is 0. The average Bonchev–Trinajstić information content (AvgIpc) is 3.27. The molecule has 0 unspecified atom stereocenters. The molecule has 176 valence electrons. The molecule has 2 aliphatic rings. The van der Waals surface area contributed by atoms with Crippen molar-refractivity contribution in [1.29, 1.82) is 0 Å². The van der Waals surface area contributed by atoms with E-state index in [9.17, 15) is 9.59 Å². The molecule has 4 rings (SSSR count). The van der Waals surface area contributed by atoms with Crippen LogP contribution in [0.3, 0.4) is 0 Å². The van der Waals surface area contributed by atoms with Crippen LogP contribution in [0.25, 0.3) is 0 Å². The Hall–Kier alpha value is -2.89. The number of nitrogens with zero attached hydrogens (tertiary/aromatic N) is 3. The lowest BCUT2D eigenvalue weighted by molar-refractivity contribution is -0.136. The van der Waals surface area contributed by atoms with E-state index < -0.39 is 0 Å². The second-order valence-electron chi connectivity index (χ2n) is 9.77. The van der Waals surface area contributed by atoms with E-state index in [1.54, 1.807) is 12.4 Å². The van der Waals surface area contributed by atoms with Gasteiger partial charge in [-0.15, -0.1) is 0 Å². The zero-order valence-corrected chi connectivity index (χ0v) is 19.9. The molecule has 0 saturated carbocycles. The zero-order chi connectivity index (χ0) is 23.4. The smallest absolute Gasteiger partial charge is 0.255 e. The zero-order valence-electron chi connectivity index (χ0n) is 19.9. The van der Waals surface area contributed by atoms with Crippen molar-refractivity contribution in [1.82, 2.24) is 14.8 Å². The van der Waals surface area contributed by atoms with Crippen LogP contribution in [0.5, 0.6) is 5.75 Å². The number of carbonyl (C=O) groups excluding carboxylic acids is 2. The molecule has 2 atom stereocenters. The van der Waals surface area contributed by atoms with Gasteiger partial charge in [0.05, 0.1) is 12.2 Å². The minimum atomic E-state index is 0.0379. The van der Waals surface area contributed by atoms with Gasteiger partial charge in [-0.3, -0.25) is 14.6 Å². The molecule has 2 aliphatic heterocycles. The van der Waals surface area contributed by atoms with Crippen LogP contribution in [0, 0.1) is 30.6 Å². The Morgan fingerprint density at radius 1 is 1.06 bits per heavy atom. The van der Waals surface area contributed by atoms with Crippen LogP contribution in [-0.4, -0.2) is 59.4 Å². The maximum atomic E-state index is 13.3. The number of aryl methyl sites for hydroxylation is 1. The highest BCUT2D eigenvalue weighted by Crippen LogP contribution is 2.37. The van der Waals surface area contributed by atoms with E-state index in [4.69, 9.17) is 4.74 Å². The second-order valence-corrected chi connectivity index (χ2v) is 9.77. The molecule has 0 N–H and O–H groups in total.